The lowest BCUT2D eigenvalue weighted by atomic mass is 9.77. The Kier molecular flexibility index (Phi) is 8.61. The smallest absolute Gasteiger partial charge is 0.255 e. The normalized spacial score (nSPS) is 18.0. The van der Waals surface area contributed by atoms with Gasteiger partial charge in [-0.3, -0.25) is 4.79 Å². The van der Waals surface area contributed by atoms with Gasteiger partial charge in [-0.05, 0) is 97.0 Å². The van der Waals surface area contributed by atoms with Gasteiger partial charge in [-0.1, -0.05) is 84.9 Å². The highest BCUT2D eigenvalue weighted by molar-refractivity contribution is 9.10. The number of aryl methyl sites for hydroxylation is 1. The van der Waals surface area contributed by atoms with Gasteiger partial charge in [0.1, 0.15) is 0 Å². The summed E-state index contributed by atoms with van der Waals surface area (Å²) in [4.78, 5) is 12.8. The van der Waals surface area contributed by atoms with Gasteiger partial charge in [-0.25, -0.2) is 0 Å². The average Bonchev–Trinajstić information content (AvgIpc) is 2.87. The van der Waals surface area contributed by atoms with E-state index in [0.29, 0.717) is 11.5 Å². The number of anilines is 1. The first-order valence-electron chi connectivity index (χ1n) is 12.8. The molecule has 3 aromatic rings. The Hall–Kier alpha value is -2.39. The molecule has 2 nitrogen and oxygen atoms in total. The van der Waals surface area contributed by atoms with Crippen molar-refractivity contribution in [3.8, 4) is 11.1 Å². The van der Waals surface area contributed by atoms with Crippen molar-refractivity contribution >= 4 is 27.5 Å². The zero-order valence-corrected chi connectivity index (χ0v) is 22.0. The summed E-state index contributed by atoms with van der Waals surface area (Å²) >= 11 is 3.55. The topological polar surface area (TPSA) is 29.1 Å². The van der Waals surface area contributed by atoms with Crippen molar-refractivity contribution in [2.24, 2.45) is 5.92 Å². The number of rotatable bonds is 8. The summed E-state index contributed by atoms with van der Waals surface area (Å²) in [6.45, 7) is 4.37. The molecule has 0 aromatic heterocycles. The summed E-state index contributed by atoms with van der Waals surface area (Å²) in [5.74, 6) is 1.51. The third-order valence-corrected chi connectivity index (χ3v) is 8.23. The Morgan fingerprint density at radius 2 is 1.56 bits per heavy atom. The fourth-order valence-electron chi connectivity index (χ4n) is 5.15. The van der Waals surface area contributed by atoms with E-state index in [9.17, 15) is 4.79 Å². The van der Waals surface area contributed by atoms with Gasteiger partial charge < -0.3 is 5.32 Å². The molecule has 0 aliphatic heterocycles. The van der Waals surface area contributed by atoms with Gasteiger partial charge in [0.15, 0.2) is 0 Å². The summed E-state index contributed by atoms with van der Waals surface area (Å²) in [5, 5.41) is 3.04. The van der Waals surface area contributed by atoms with Crippen LogP contribution in [0.4, 0.5) is 5.69 Å². The Labute approximate surface area is 213 Å². The molecule has 1 aliphatic carbocycles. The van der Waals surface area contributed by atoms with Gasteiger partial charge in [0.2, 0.25) is 0 Å². The molecule has 1 fully saturated rings. The van der Waals surface area contributed by atoms with Crippen LogP contribution in [0.1, 0.15) is 85.7 Å². The van der Waals surface area contributed by atoms with Crippen LogP contribution in [-0.4, -0.2) is 5.91 Å². The number of unbranched alkanes of at least 4 members (excludes halogenated alkanes) is 2. The molecule has 0 heterocycles. The van der Waals surface area contributed by atoms with Crippen molar-refractivity contribution in [1.82, 2.24) is 0 Å². The van der Waals surface area contributed by atoms with Crippen LogP contribution < -0.4 is 5.32 Å². The van der Waals surface area contributed by atoms with E-state index in [1.807, 2.05) is 24.3 Å². The number of hydrogen-bond acceptors (Lipinski definition) is 1. The Morgan fingerprint density at radius 3 is 2.21 bits per heavy atom. The second-order valence-electron chi connectivity index (χ2n) is 9.83. The Morgan fingerprint density at radius 1 is 0.882 bits per heavy atom. The minimum absolute atomic E-state index is 0.0570. The Balaban J connectivity index is 1.31. The molecular formula is C31H36BrNO. The third kappa shape index (κ3) is 6.39. The zero-order valence-electron chi connectivity index (χ0n) is 20.4. The number of amides is 1. The standard InChI is InChI=1S/C31H36BrNO/c1-3-4-5-6-23-7-9-24(10-8-23)25-11-13-27(14-12-25)31(34)33-29-18-15-26(16-19-29)28-17-20-30(32)22(2)21-28/h11-21,23-24H,3-10H2,1-2H3,(H,33,34). The molecule has 0 spiro atoms. The van der Waals surface area contributed by atoms with Crippen LogP contribution in [-0.2, 0) is 0 Å². The number of carbonyl (C=O) groups excluding carboxylic acids is 1. The molecule has 0 atom stereocenters. The second-order valence-corrected chi connectivity index (χ2v) is 10.7. The van der Waals surface area contributed by atoms with Crippen LogP contribution in [0, 0.1) is 12.8 Å². The van der Waals surface area contributed by atoms with Gasteiger partial charge in [-0.2, -0.15) is 0 Å². The van der Waals surface area contributed by atoms with Crippen molar-refractivity contribution in [3.05, 3.63) is 87.9 Å². The summed E-state index contributed by atoms with van der Waals surface area (Å²) in [6.07, 6.45) is 10.8. The molecule has 1 amide bonds. The molecule has 34 heavy (non-hydrogen) atoms. The van der Waals surface area contributed by atoms with E-state index in [1.165, 1.54) is 68.1 Å². The summed E-state index contributed by atoms with van der Waals surface area (Å²) in [7, 11) is 0. The van der Waals surface area contributed by atoms with E-state index in [2.05, 4.69) is 77.6 Å². The maximum absolute atomic E-state index is 12.8. The van der Waals surface area contributed by atoms with E-state index >= 15 is 0 Å². The lowest BCUT2D eigenvalue weighted by Gasteiger charge is -2.29. The van der Waals surface area contributed by atoms with E-state index in [4.69, 9.17) is 0 Å². The highest BCUT2D eigenvalue weighted by Gasteiger charge is 2.22. The molecule has 0 unspecified atom stereocenters. The molecule has 0 saturated heterocycles. The van der Waals surface area contributed by atoms with E-state index in [1.54, 1.807) is 0 Å². The lowest BCUT2D eigenvalue weighted by molar-refractivity contribution is 0.102. The summed E-state index contributed by atoms with van der Waals surface area (Å²) < 4.78 is 1.11. The molecule has 0 radical (unpaired) electrons. The van der Waals surface area contributed by atoms with E-state index in [-0.39, 0.29) is 5.91 Å². The van der Waals surface area contributed by atoms with Crippen LogP contribution in [0.5, 0.6) is 0 Å². The molecule has 1 saturated carbocycles. The molecule has 178 valence electrons. The molecule has 0 bridgehead atoms. The monoisotopic (exact) mass is 517 g/mol. The lowest BCUT2D eigenvalue weighted by Crippen LogP contribution is -2.14. The number of benzene rings is 3. The van der Waals surface area contributed by atoms with Crippen LogP contribution >= 0.6 is 15.9 Å². The third-order valence-electron chi connectivity index (χ3n) is 7.34. The number of nitrogens with one attached hydrogen (secondary N) is 1. The van der Waals surface area contributed by atoms with Crippen molar-refractivity contribution in [3.63, 3.8) is 0 Å². The van der Waals surface area contributed by atoms with Gasteiger partial charge in [0.05, 0.1) is 0 Å². The molecule has 4 rings (SSSR count). The van der Waals surface area contributed by atoms with E-state index in [0.717, 1.165) is 21.6 Å². The van der Waals surface area contributed by atoms with E-state index < -0.39 is 0 Å². The quantitative estimate of drug-likeness (QED) is 0.296. The molecular weight excluding hydrogens is 482 g/mol. The van der Waals surface area contributed by atoms with Gasteiger partial charge in [0.25, 0.3) is 5.91 Å². The maximum atomic E-state index is 12.8. The fraction of sp³-hybridized carbons (Fsp3) is 0.387. The highest BCUT2D eigenvalue weighted by atomic mass is 79.9. The molecule has 1 aliphatic rings. The molecule has 3 heteroatoms. The first-order chi connectivity index (χ1) is 16.5. The van der Waals surface area contributed by atoms with Crippen LogP contribution in [0.25, 0.3) is 11.1 Å². The Bertz CT molecular complexity index is 1080. The summed E-state index contributed by atoms with van der Waals surface area (Å²) in [5.41, 5.74) is 6.43. The van der Waals surface area contributed by atoms with Crippen molar-refractivity contribution in [1.29, 1.82) is 0 Å². The average molecular weight is 519 g/mol. The van der Waals surface area contributed by atoms with Gasteiger partial charge >= 0.3 is 0 Å². The summed E-state index contributed by atoms with van der Waals surface area (Å²) in [6, 6.07) is 22.7. The number of hydrogen-bond donors (Lipinski definition) is 1. The van der Waals surface area contributed by atoms with Crippen LogP contribution in [0.2, 0.25) is 0 Å². The zero-order chi connectivity index (χ0) is 23.9. The minimum atomic E-state index is -0.0570. The van der Waals surface area contributed by atoms with Gasteiger partial charge in [0, 0.05) is 15.7 Å². The highest BCUT2D eigenvalue weighted by Crippen LogP contribution is 2.37. The SMILES string of the molecule is CCCCCC1CCC(c2ccc(C(=O)Nc3ccc(-c4ccc(Br)c(C)c4)cc3)cc2)CC1. The second kappa shape index (κ2) is 11.8. The first-order valence-corrected chi connectivity index (χ1v) is 13.6. The van der Waals surface area contributed by atoms with Crippen molar-refractivity contribution < 1.29 is 4.79 Å². The largest absolute Gasteiger partial charge is 0.322 e. The molecule has 3 aromatic carbocycles. The first kappa shape index (κ1) is 24.7. The predicted molar refractivity (Wildman–Crippen MR) is 148 cm³/mol. The van der Waals surface area contributed by atoms with Crippen molar-refractivity contribution in [2.75, 3.05) is 5.32 Å². The molecule has 1 N–H and O–H groups in total. The van der Waals surface area contributed by atoms with Crippen LogP contribution in [0.3, 0.4) is 0 Å². The van der Waals surface area contributed by atoms with Crippen molar-refractivity contribution in [2.45, 2.75) is 71.1 Å². The number of halogens is 1. The predicted octanol–water partition coefficient (Wildman–Crippen LogP) is 9.53. The maximum Gasteiger partial charge on any atom is 0.255 e. The minimum Gasteiger partial charge on any atom is -0.322 e. The fourth-order valence-corrected chi connectivity index (χ4v) is 5.39. The van der Waals surface area contributed by atoms with Crippen LogP contribution in [0.15, 0.2) is 71.2 Å². The van der Waals surface area contributed by atoms with Gasteiger partial charge in [-0.15, -0.1) is 0 Å². The number of carbonyl (C=O) groups is 1.